The molecule has 88 valence electrons. The number of nitrogens with zero attached hydrogens (tertiary/aromatic N) is 1. The molecule has 0 fully saturated rings. The van der Waals surface area contributed by atoms with Crippen LogP contribution in [-0.4, -0.2) is 18.1 Å². The van der Waals surface area contributed by atoms with Gasteiger partial charge in [-0.3, -0.25) is 0 Å². The summed E-state index contributed by atoms with van der Waals surface area (Å²) in [5.41, 5.74) is 0.704. The van der Waals surface area contributed by atoms with Crippen LogP contribution in [0.15, 0.2) is 6.20 Å². The van der Waals surface area contributed by atoms with Crippen LogP contribution in [0.2, 0.25) is 0 Å². The Balaban J connectivity index is 3.34. The summed E-state index contributed by atoms with van der Waals surface area (Å²) in [5.74, 6) is -0.625. The average Bonchev–Trinajstić information content (AvgIpc) is 2.27. The van der Waals surface area contributed by atoms with Gasteiger partial charge in [0.15, 0.2) is 5.69 Å². The number of halogens is 3. The second kappa shape index (κ2) is 5.34. The number of methoxy groups -OCH3 is 1. The number of esters is 1. The number of alkyl halides is 3. The number of carbonyl (C=O) groups is 1. The largest absolute Gasteiger partial charge is 0.464 e. The van der Waals surface area contributed by atoms with E-state index in [4.69, 9.17) is 0 Å². The highest BCUT2D eigenvalue weighted by Gasteiger charge is 2.20. The first-order valence-electron chi connectivity index (χ1n) is 4.43. The maximum absolute atomic E-state index is 12.6. The third kappa shape index (κ3) is 2.37. The maximum atomic E-state index is 12.6. The summed E-state index contributed by atoms with van der Waals surface area (Å²) in [7, 11) is 1.22. The lowest BCUT2D eigenvalue weighted by molar-refractivity contribution is 0.0592. The summed E-state index contributed by atoms with van der Waals surface area (Å²) in [6, 6.07) is 0. The van der Waals surface area contributed by atoms with Gasteiger partial charge in [0.1, 0.15) is 0 Å². The minimum Gasteiger partial charge on any atom is -0.464 e. The Morgan fingerprint density at radius 2 is 2.25 bits per heavy atom. The van der Waals surface area contributed by atoms with Crippen molar-refractivity contribution in [1.29, 1.82) is 0 Å². The predicted molar refractivity (Wildman–Crippen MR) is 57.9 cm³/mol. The zero-order valence-electron chi connectivity index (χ0n) is 8.76. The van der Waals surface area contributed by atoms with E-state index < -0.39 is 12.4 Å². The molecule has 1 aromatic heterocycles. The molecule has 0 saturated carbocycles. The van der Waals surface area contributed by atoms with Crippen LogP contribution < -0.4 is 0 Å². The van der Waals surface area contributed by atoms with Gasteiger partial charge in [0.2, 0.25) is 0 Å². The van der Waals surface area contributed by atoms with Crippen LogP contribution in [-0.2, 0) is 10.1 Å². The van der Waals surface area contributed by atoms with Gasteiger partial charge < -0.3 is 4.74 Å². The normalized spacial score (nSPS) is 10.6. The molecule has 16 heavy (non-hydrogen) atoms. The van der Waals surface area contributed by atoms with E-state index in [-0.39, 0.29) is 16.6 Å². The Bertz CT molecular complexity index is 410. The van der Waals surface area contributed by atoms with E-state index in [0.717, 1.165) is 6.20 Å². The van der Waals surface area contributed by atoms with Crippen molar-refractivity contribution in [1.82, 2.24) is 4.98 Å². The molecule has 0 bridgehead atoms. The molecule has 0 aliphatic heterocycles. The number of pyridine rings is 1. The Kier molecular flexibility index (Phi) is 4.35. The van der Waals surface area contributed by atoms with Crippen molar-refractivity contribution in [2.45, 2.75) is 18.7 Å². The SMILES string of the molecule is COC(=O)c1ncc(C(F)F)c(CBr)c1C. The number of carbonyl (C=O) groups excluding carboxylic acids is 1. The lowest BCUT2D eigenvalue weighted by atomic mass is 10.0. The second-order valence-electron chi connectivity index (χ2n) is 3.09. The Hall–Kier alpha value is -1.04. The van der Waals surface area contributed by atoms with E-state index >= 15 is 0 Å². The smallest absolute Gasteiger partial charge is 0.356 e. The summed E-state index contributed by atoms with van der Waals surface area (Å²) < 4.78 is 29.8. The minimum atomic E-state index is -2.61. The molecule has 0 aromatic carbocycles. The van der Waals surface area contributed by atoms with Crippen molar-refractivity contribution < 1.29 is 18.3 Å². The van der Waals surface area contributed by atoms with Crippen molar-refractivity contribution in [2.75, 3.05) is 7.11 Å². The highest BCUT2D eigenvalue weighted by Crippen LogP contribution is 2.27. The summed E-state index contributed by atoms with van der Waals surface area (Å²) >= 11 is 3.12. The standard InChI is InChI=1S/C10H10BrF2NO2/c1-5-6(3-11)7(9(12)13)4-14-8(5)10(15)16-2/h4,9H,3H2,1-2H3. The van der Waals surface area contributed by atoms with Gasteiger partial charge in [-0.2, -0.15) is 0 Å². The van der Waals surface area contributed by atoms with E-state index in [9.17, 15) is 13.6 Å². The molecule has 1 aromatic rings. The van der Waals surface area contributed by atoms with Crippen LogP contribution in [0, 0.1) is 6.92 Å². The molecule has 0 amide bonds. The molecule has 0 atom stereocenters. The quantitative estimate of drug-likeness (QED) is 0.635. The van der Waals surface area contributed by atoms with Gasteiger partial charge in [0.05, 0.1) is 7.11 Å². The second-order valence-corrected chi connectivity index (χ2v) is 3.65. The average molecular weight is 294 g/mol. The van der Waals surface area contributed by atoms with E-state index in [1.807, 2.05) is 0 Å². The van der Waals surface area contributed by atoms with Gasteiger partial charge in [-0.05, 0) is 18.1 Å². The van der Waals surface area contributed by atoms with Crippen LogP contribution in [0.3, 0.4) is 0 Å². The number of hydrogen-bond donors (Lipinski definition) is 0. The Labute approximate surface area is 99.9 Å². The third-order valence-corrected chi connectivity index (χ3v) is 2.80. The molecular formula is C10H10BrF2NO2. The fraction of sp³-hybridized carbons (Fsp3) is 0.400. The maximum Gasteiger partial charge on any atom is 0.356 e. The van der Waals surface area contributed by atoms with E-state index in [1.165, 1.54) is 7.11 Å². The van der Waals surface area contributed by atoms with Gasteiger partial charge in [-0.15, -0.1) is 0 Å². The summed E-state index contributed by atoms with van der Waals surface area (Å²) in [6.45, 7) is 1.57. The first-order chi connectivity index (χ1) is 7.52. The predicted octanol–water partition coefficient (Wildman–Crippen LogP) is 3.01. The first-order valence-corrected chi connectivity index (χ1v) is 5.55. The zero-order chi connectivity index (χ0) is 12.3. The van der Waals surface area contributed by atoms with Gasteiger partial charge in [0.25, 0.3) is 6.43 Å². The van der Waals surface area contributed by atoms with Gasteiger partial charge in [-0.1, -0.05) is 15.9 Å². The molecule has 0 radical (unpaired) electrons. The Morgan fingerprint density at radius 3 is 2.69 bits per heavy atom. The van der Waals surface area contributed by atoms with Gasteiger partial charge in [-0.25, -0.2) is 18.6 Å². The first kappa shape index (κ1) is 13.0. The lowest BCUT2D eigenvalue weighted by Crippen LogP contribution is -2.10. The molecule has 0 aliphatic rings. The fourth-order valence-corrected chi connectivity index (χ4v) is 2.08. The molecule has 3 nitrogen and oxygen atoms in total. The van der Waals surface area contributed by atoms with Crippen molar-refractivity contribution in [3.8, 4) is 0 Å². The van der Waals surface area contributed by atoms with Crippen molar-refractivity contribution in [2.24, 2.45) is 0 Å². The molecule has 0 saturated heterocycles. The van der Waals surface area contributed by atoms with E-state index in [1.54, 1.807) is 6.92 Å². The van der Waals surface area contributed by atoms with Crippen LogP contribution in [0.5, 0.6) is 0 Å². The van der Waals surface area contributed by atoms with Crippen molar-refractivity contribution >= 4 is 21.9 Å². The topological polar surface area (TPSA) is 39.2 Å². The molecule has 0 unspecified atom stereocenters. The van der Waals surface area contributed by atoms with Crippen LogP contribution >= 0.6 is 15.9 Å². The number of aromatic nitrogens is 1. The van der Waals surface area contributed by atoms with Crippen LogP contribution in [0.25, 0.3) is 0 Å². The molecule has 6 heteroatoms. The van der Waals surface area contributed by atoms with Crippen molar-refractivity contribution in [3.05, 3.63) is 28.6 Å². The highest BCUT2D eigenvalue weighted by molar-refractivity contribution is 9.08. The Morgan fingerprint density at radius 1 is 1.62 bits per heavy atom. The van der Waals surface area contributed by atoms with E-state index in [2.05, 4.69) is 25.7 Å². The van der Waals surface area contributed by atoms with Crippen molar-refractivity contribution in [3.63, 3.8) is 0 Å². The number of rotatable bonds is 3. The molecule has 1 heterocycles. The molecule has 0 spiro atoms. The molecule has 1 rings (SSSR count). The van der Waals surface area contributed by atoms with E-state index in [0.29, 0.717) is 11.1 Å². The number of ether oxygens (including phenoxy) is 1. The van der Waals surface area contributed by atoms with Gasteiger partial charge in [0, 0.05) is 17.1 Å². The molecule has 0 aliphatic carbocycles. The minimum absolute atomic E-state index is 0.0707. The molecular weight excluding hydrogens is 284 g/mol. The lowest BCUT2D eigenvalue weighted by Gasteiger charge is -2.11. The zero-order valence-corrected chi connectivity index (χ0v) is 10.3. The van der Waals surface area contributed by atoms with Gasteiger partial charge >= 0.3 is 5.97 Å². The molecule has 0 N–H and O–H groups in total. The van der Waals surface area contributed by atoms with Crippen LogP contribution in [0.1, 0.15) is 33.6 Å². The number of hydrogen-bond acceptors (Lipinski definition) is 3. The fourth-order valence-electron chi connectivity index (χ4n) is 1.34. The summed E-state index contributed by atoms with van der Waals surface area (Å²) in [6.07, 6.45) is -1.59. The highest BCUT2D eigenvalue weighted by atomic mass is 79.9. The van der Waals surface area contributed by atoms with Crippen LogP contribution in [0.4, 0.5) is 8.78 Å². The monoisotopic (exact) mass is 293 g/mol. The summed E-state index contributed by atoms with van der Waals surface area (Å²) in [5, 5.41) is 0.241. The third-order valence-electron chi connectivity index (χ3n) is 2.24. The summed E-state index contributed by atoms with van der Waals surface area (Å²) in [4.78, 5) is 15.0.